The van der Waals surface area contributed by atoms with Crippen LogP contribution in [-0.2, 0) is 5.60 Å². The van der Waals surface area contributed by atoms with Gasteiger partial charge in [-0.05, 0) is 26.0 Å². The van der Waals surface area contributed by atoms with Crippen LogP contribution in [0.4, 0.5) is 8.78 Å². The van der Waals surface area contributed by atoms with Crippen LogP contribution in [0.1, 0.15) is 19.4 Å². The molecule has 0 atom stereocenters. The van der Waals surface area contributed by atoms with Gasteiger partial charge in [0.2, 0.25) is 11.9 Å². The third-order valence-electron chi connectivity index (χ3n) is 1.47. The van der Waals surface area contributed by atoms with Crippen LogP contribution >= 0.6 is 0 Å². The molecule has 1 heterocycles. The highest BCUT2D eigenvalue weighted by Crippen LogP contribution is 2.21. The van der Waals surface area contributed by atoms with Gasteiger partial charge in [-0.2, -0.15) is 13.8 Å². The maximum atomic E-state index is 12.8. The van der Waals surface area contributed by atoms with Gasteiger partial charge in [0.1, 0.15) is 0 Å². The van der Waals surface area contributed by atoms with E-state index in [0.717, 1.165) is 6.07 Å². The molecule has 0 unspecified atom stereocenters. The highest BCUT2D eigenvalue weighted by atomic mass is 19.1. The fourth-order valence-corrected chi connectivity index (χ4v) is 0.868. The predicted molar refractivity (Wildman–Crippen MR) is 39.4 cm³/mol. The molecule has 1 aromatic heterocycles. The Morgan fingerprint density at radius 2 is 1.92 bits per heavy atom. The van der Waals surface area contributed by atoms with E-state index < -0.39 is 17.5 Å². The lowest BCUT2D eigenvalue weighted by molar-refractivity contribution is 0.0733. The molecule has 0 aromatic carbocycles. The number of hydrogen-bond acceptors (Lipinski definition) is 2. The minimum atomic E-state index is -1.33. The van der Waals surface area contributed by atoms with Crippen LogP contribution in [-0.4, -0.2) is 10.1 Å². The first-order valence-corrected chi connectivity index (χ1v) is 3.46. The van der Waals surface area contributed by atoms with Crippen LogP contribution in [0, 0.1) is 11.9 Å². The van der Waals surface area contributed by atoms with Gasteiger partial charge in [-0.15, -0.1) is 0 Å². The van der Waals surface area contributed by atoms with Gasteiger partial charge in [0.25, 0.3) is 0 Å². The molecule has 0 aliphatic rings. The van der Waals surface area contributed by atoms with Gasteiger partial charge in [0.15, 0.2) is 0 Å². The smallest absolute Gasteiger partial charge is 0.221 e. The lowest BCUT2D eigenvalue weighted by atomic mass is 10.0. The minimum absolute atomic E-state index is 0.0103. The molecule has 1 N–H and O–H groups in total. The van der Waals surface area contributed by atoms with E-state index in [-0.39, 0.29) is 5.56 Å². The third-order valence-corrected chi connectivity index (χ3v) is 1.47. The molecule has 0 saturated carbocycles. The summed E-state index contributed by atoms with van der Waals surface area (Å²) in [5.74, 6) is -1.86. The summed E-state index contributed by atoms with van der Waals surface area (Å²) in [6.07, 6.45) is 0. The topological polar surface area (TPSA) is 33.1 Å². The fraction of sp³-hybridized carbons (Fsp3) is 0.375. The molecular weight excluding hydrogens is 164 g/mol. The SMILES string of the molecule is CC(C)(O)c1ccc(F)nc1F. The summed E-state index contributed by atoms with van der Waals surface area (Å²) in [5, 5.41) is 9.36. The summed E-state index contributed by atoms with van der Waals surface area (Å²) >= 11 is 0. The minimum Gasteiger partial charge on any atom is -0.386 e. The van der Waals surface area contributed by atoms with Crippen molar-refractivity contribution in [3.05, 3.63) is 29.6 Å². The van der Waals surface area contributed by atoms with Gasteiger partial charge in [0.05, 0.1) is 5.60 Å². The van der Waals surface area contributed by atoms with Crippen LogP contribution in [0.3, 0.4) is 0 Å². The Morgan fingerprint density at radius 1 is 1.33 bits per heavy atom. The van der Waals surface area contributed by atoms with Crippen LogP contribution in [0.2, 0.25) is 0 Å². The number of halogens is 2. The van der Waals surface area contributed by atoms with Crippen LogP contribution in [0.15, 0.2) is 12.1 Å². The molecule has 0 aliphatic heterocycles. The fourth-order valence-electron chi connectivity index (χ4n) is 0.868. The van der Waals surface area contributed by atoms with E-state index in [1.54, 1.807) is 0 Å². The van der Waals surface area contributed by atoms with Gasteiger partial charge >= 0.3 is 0 Å². The summed E-state index contributed by atoms with van der Waals surface area (Å²) < 4.78 is 25.1. The average Bonchev–Trinajstić information content (AvgIpc) is 1.83. The van der Waals surface area contributed by atoms with Crippen LogP contribution < -0.4 is 0 Å². The van der Waals surface area contributed by atoms with Gasteiger partial charge < -0.3 is 5.11 Å². The first-order valence-electron chi connectivity index (χ1n) is 3.46. The second-order valence-corrected chi connectivity index (χ2v) is 3.03. The summed E-state index contributed by atoms with van der Waals surface area (Å²) in [4.78, 5) is 2.95. The molecule has 4 heteroatoms. The highest BCUT2D eigenvalue weighted by Gasteiger charge is 2.21. The molecule has 0 spiro atoms. The molecule has 0 fully saturated rings. The number of rotatable bonds is 1. The molecule has 2 nitrogen and oxygen atoms in total. The maximum Gasteiger partial charge on any atom is 0.221 e. The summed E-state index contributed by atoms with van der Waals surface area (Å²) in [5.41, 5.74) is -1.34. The Kier molecular flexibility index (Phi) is 2.10. The number of hydrogen-bond donors (Lipinski definition) is 1. The van der Waals surface area contributed by atoms with Crippen molar-refractivity contribution in [1.29, 1.82) is 0 Å². The van der Waals surface area contributed by atoms with E-state index in [1.165, 1.54) is 19.9 Å². The zero-order valence-corrected chi connectivity index (χ0v) is 6.81. The molecule has 1 aromatic rings. The van der Waals surface area contributed by atoms with Crippen molar-refractivity contribution in [2.45, 2.75) is 19.4 Å². The van der Waals surface area contributed by atoms with Crippen molar-refractivity contribution >= 4 is 0 Å². The van der Waals surface area contributed by atoms with Gasteiger partial charge in [-0.3, -0.25) is 0 Å². The molecule has 0 amide bonds. The molecule has 0 bridgehead atoms. The lowest BCUT2D eigenvalue weighted by Gasteiger charge is -2.17. The van der Waals surface area contributed by atoms with Crippen molar-refractivity contribution in [2.24, 2.45) is 0 Å². The van der Waals surface area contributed by atoms with Gasteiger partial charge in [0, 0.05) is 5.56 Å². The summed E-state index contributed by atoms with van der Waals surface area (Å²) in [7, 11) is 0. The molecule has 0 radical (unpaired) electrons. The average molecular weight is 173 g/mol. The second-order valence-electron chi connectivity index (χ2n) is 3.03. The van der Waals surface area contributed by atoms with Crippen LogP contribution in [0.25, 0.3) is 0 Å². The Morgan fingerprint density at radius 3 is 2.33 bits per heavy atom. The number of aliphatic hydroxyl groups is 1. The zero-order chi connectivity index (χ0) is 9.35. The van der Waals surface area contributed by atoms with Gasteiger partial charge in [-0.1, -0.05) is 0 Å². The molecule has 12 heavy (non-hydrogen) atoms. The first kappa shape index (κ1) is 9.06. The Hall–Kier alpha value is -1.03. The first-order chi connectivity index (χ1) is 5.41. The van der Waals surface area contributed by atoms with Crippen molar-refractivity contribution in [3.63, 3.8) is 0 Å². The van der Waals surface area contributed by atoms with Crippen molar-refractivity contribution in [2.75, 3.05) is 0 Å². The summed E-state index contributed by atoms with van der Waals surface area (Å²) in [6, 6.07) is 2.19. The lowest BCUT2D eigenvalue weighted by Crippen LogP contribution is -2.18. The highest BCUT2D eigenvalue weighted by molar-refractivity contribution is 5.17. The van der Waals surface area contributed by atoms with Crippen molar-refractivity contribution in [1.82, 2.24) is 4.98 Å². The Balaban J connectivity index is 3.19. The normalized spacial score (nSPS) is 11.8. The maximum absolute atomic E-state index is 12.8. The van der Waals surface area contributed by atoms with E-state index in [4.69, 9.17) is 0 Å². The number of aromatic nitrogens is 1. The second kappa shape index (κ2) is 2.79. The summed E-state index contributed by atoms with van der Waals surface area (Å²) in [6.45, 7) is 2.82. The van der Waals surface area contributed by atoms with E-state index >= 15 is 0 Å². The van der Waals surface area contributed by atoms with E-state index in [2.05, 4.69) is 4.98 Å². The van der Waals surface area contributed by atoms with E-state index in [9.17, 15) is 13.9 Å². The predicted octanol–water partition coefficient (Wildman–Crippen LogP) is 1.59. The van der Waals surface area contributed by atoms with Crippen molar-refractivity contribution in [3.8, 4) is 0 Å². The Labute approximate surface area is 68.9 Å². The molecular formula is C8H9F2NO. The largest absolute Gasteiger partial charge is 0.386 e. The van der Waals surface area contributed by atoms with Crippen molar-refractivity contribution < 1.29 is 13.9 Å². The molecule has 66 valence electrons. The van der Waals surface area contributed by atoms with E-state index in [1.807, 2.05) is 0 Å². The van der Waals surface area contributed by atoms with Crippen LogP contribution in [0.5, 0.6) is 0 Å². The monoisotopic (exact) mass is 173 g/mol. The number of nitrogens with zero attached hydrogens (tertiary/aromatic N) is 1. The van der Waals surface area contributed by atoms with E-state index in [0.29, 0.717) is 0 Å². The van der Waals surface area contributed by atoms with Gasteiger partial charge in [-0.25, -0.2) is 0 Å². The standard InChI is InChI=1S/C8H9F2NO/c1-8(2,12)5-3-4-6(9)11-7(5)10/h3-4,12H,1-2H3. The zero-order valence-electron chi connectivity index (χ0n) is 6.81. The molecule has 0 aliphatic carbocycles. The quantitative estimate of drug-likeness (QED) is 0.654. The molecule has 0 saturated heterocycles. The Bertz CT molecular complexity index is 294. The number of pyridine rings is 1. The molecule has 1 rings (SSSR count). The third kappa shape index (κ3) is 1.76.